The molecule has 4 heteroatoms. The number of benzene rings is 1. The van der Waals surface area contributed by atoms with Gasteiger partial charge in [-0.2, -0.15) is 0 Å². The fraction of sp³-hybridized carbons (Fsp3) is 0.619. The second kappa shape index (κ2) is 5.09. The number of hydrogen-bond donors (Lipinski definition) is 1. The molecule has 0 atom stereocenters. The molecule has 1 aromatic carbocycles. The second-order valence-corrected chi connectivity index (χ2v) is 8.73. The largest absolute Gasteiger partial charge is 0.392 e. The summed E-state index contributed by atoms with van der Waals surface area (Å²) in [5, 5.41) is 12.6. The Balaban J connectivity index is 1.62. The van der Waals surface area contributed by atoms with Crippen LogP contribution in [0.5, 0.6) is 0 Å². The Labute approximate surface area is 150 Å². The third-order valence-corrected chi connectivity index (χ3v) is 7.54. The van der Waals surface area contributed by atoms with Crippen molar-refractivity contribution >= 4 is 10.9 Å². The van der Waals surface area contributed by atoms with E-state index in [0.29, 0.717) is 6.17 Å². The van der Waals surface area contributed by atoms with Crippen molar-refractivity contribution in [1.82, 2.24) is 14.4 Å². The number of fused-ring (bicyclic) bond motifs is 1. The molecule has 0 radical (unpaired) electrons. The highest BCUT2D eigenvalue weighted by Gasteiger charge is 2.64. The van der Waals surface area contributed by atoms with Gasteiger partial charge in [0.2, 0.25) is 0 Å². The molecular formula is C21H29N3O. The lowest BCUT2D eigenvalue weighted by molar-refractivity contribution is -0.266. The quantitative estimate of drug-likeness (QED) is 0.933. The van der Waals surface area contributed by atoms with Gasteiger partial charge in [-0.1, -0.05) is 32.0 Å². The van der Waals surface area contributed by atoms with E-state index in [9.17, 15) is 5.11 Å². The van der Waals surface area contributed by atoms with Crippen LogP contribution in [0, 0.1) is 10.8 Å². The van der Waals surface area contributed by atoms with Crippen LogP contribution in [0.1, 0.15) is 38.4 Å². The van der Waals surface area contributed by atoms with Gasteiger partial charge in [-0.3, -0.25) is 9.80 Å². The van der Waals surface area contributed by atoms with Gasteiger partial charge >= 0.3 is 0 Å². The van der Waals surface area contributed by atoms with Gasteiger partial charge in [0.1, 0.15) is 0 Å². The van der Waals surface area contributed by atoms with Crippen molar-refractivity contribution in [2.45, 2.75) is 39.0 Å². The van der Waals surface area contributed by atoms with Crippen LogP contribution in [0.2, 0.25) is 0 Å². The summed E-state index contributed by atoms with van der Waals surface area (Å²) in [4.78, 5) is 5.32. The average molecular weight is 339 g/mol. The first-order chi connectivity index (χ1) is 12.0. The Bertz CT molecular complexity index is 786. The molecule has 2 aromatic rings. The molecule has 1 N–H and O–H groups in total. The van der Waals surface area contributed by atoms with Crippen LogP contribution in [-0.2, 0) is 7.05 Å². The van der Waals surface area contributed by atoms with Crippen LogP contribution >= 0.6 is 0 Å². The maximum atomic E-state index is 11.2. The molecule has 4 saturated heterocycles. The van der Waals surface area contributed by atoms with Gasteiger partial charge in [-0.05, 0) is 18.9 Å². The zero-order valence-electron chi connectivity index (χ0n) is 15.6. The minimum absolute atomic E-state index is 0.0492. The minimum Gasteiger partial charge on any atom is -0.392 e. The Morgan fingerprint density at radius 2 is 1.56 bits per heavy atom. The monoisotopic (exact) mass is 339 g/mol. The van der Waals surface area contributed by atoms with Crippen molar-refractivity contribution in [2.24, 2.45) is 17.9 Å². The normalized spacial score (nSPS) is 42.4. The zero-order valence-corrected chi connectivity index (χ0v) is 15.6. The predicted molar refractivity (Wildman–Crippen MR) is 100 cm³/mol. The summed E-state index contributed by atoms with van der Waals surface area (Å²) in [6.07, 6.45) is 4.65. The summed E-state index contributed by atoms with van der Waals surface area (Å²) >= 11 is 0. The standard InChI is InChI=1S/C21H29N3O/c1-4-20-11-23-13-21(5-2,19(20)25)14-24(12-20)18(23)16-10-22(3)17-9-7-6-8-15(16)17/h6-10,18-19,25H,4-5,11-14H2,1-3H3. The fourth-order valence-electron chi connectivity index (χ4n) is 6.21. The number of aliphatic hydroxyl groups excluding tert-OH is 1. The number of para-hydroxylation sites is 1. The molecule has 0 amide bonds. The number of piperidine rings is 2. The van der Waals surface area contributed by atoms with E-state index in [1.807, 2.05) is 0 Å². The number of aliphatic hydroxyl groups is 1. The van der Waals surface area contributed by atoms with E-state index in [-0.39, 0.29) is 16.9 Å². The van der Waals surface area contributed by atoms with Crippen LogP contribution in [-0.4, -0.2) is 51.8 Å². The first kappa shape index (κ1) is 15.9. The average Bonchev–Trinajstić information content (AvgIpc) is 2.95. The lowest BCUT2D eigenvalue weighted by Gasteiger charge is -2.69. The highest BCUT2D eigenvalue weighted by molar-refractivity contribution is 5.84. The lowest BCUT2D eigenvalue weighted by atomic mass is 9.57. The van der Waals surface area contributed by atoms with Crippen molar-refractivity contribution < 1.29 is 5.11 Å². The molecule has 4 nitrogen and oxygen atoms in total. The molecule has 4 fully saturated rings. The maximum Gasteiger partial charge on any atom is 0.0908 e. The topological polar surface area (TPSA) is 31.6 Å². The van der Waals surface area contributed by atoms with Crippen LogP contribution in [0.4, 0.5) is 0 Å². The fourth-order valence-corrected chi connectivity index (χ4v) is 6.21. The second-order valence-electron chi connectivity index (χ2n) is 8.73. The van der Waals surface area contributed by atoms with E-state index in [2.05, 4.69) is 65.7 Å². The van der Waals surface area contributed by atoms with Gasteiger partial charge in [-0.15, -0.1) is 0 Å². The van der Waals surface area contributed by atoms with Gasteiger partial charge in [0.05, 0.1) is 12.3 Å². The van der Waals surface area contributed by atoms with Gasteiger partial charge in [-0.25, -0.2) is 0 Å². The first-order valence-corrected chi connectivity index (χ1v) is 9.74. The van der Waals surface area contributed by atoms with Gasteiger partial charge < -0.3 is 9.67 Å². The molecule has 1 aromatic heterocycles. The van der Waals surface area contributed by atoms with E-state index in [1.54, 1.807) is 0 Å². The number of rotatable bonds is 3. The number of hydrogen-bond acceptors (Lipinski definition) is 3. The van der Waals surface area contributed by atoms with E-state index in [0.717, 1.165) is 39.0 Å². The van der Waals surface area contributed by atoms with E-state index in [1.165, 1.54) is 16.5 Å². The Hall–Kier alpha value is -1.36. The summed E-state index contributed by atoms with van der Waals surface area (Å²) in [7, 11) is 2.15. The molecule has 0 unspecified atom stereocenters. The highest BCUT2D eigenvalue weighted by atomic mass is 16.3. The summed E-state index contributed by atoms with van der Waals surface area (Å²) in [6.45, 7) is 8.62. The Kier molecular flexibility index (Phi) is 3.23. The smallest absolute Gasteiger partial charge is 0.0908 e. The molecule has 5 heterocycles. The van der Waals surface area contributed by atoms with Crippen molar-refractivity contribution in [3.63, 3.8) is 0 Å². The van der Waals surface area contributed by atoms with Crippen molar-refractivity contribution in [3.8, 4) is 0 Å². The predicted octanol–water partition coefficient (Wildman–Crippen LogP) is 2.98. The van der Waals surface area contributed by atoms with Crippen molar-refractivity contribution in [3.05, 3.63) is 36.0 Å². The molecule has 0 spiro atoms. The zero-order chi connectivity index (χ0) is 17.4. The lowest BCUT2D eigenvalue weighted by Crippen LogP contribution is -2.78. The minimum atomic E-state index is -0.157. The molecule has 6 rings (SSSR count). The molecule has 134 valence electrons. The Morgan fingerprint density at radius 1 is 1.00 bits per heavy atom. The van der Waals surface area contributed by atoms with Crippen LogP contribution < -0.4 is 0 Å². The summed E-state index contributed by atoms with van der Waals surface area (Å²) in [5.41, 5.74) is 2.84. The van der Waals surface area contributed by atoms with E-state index in [4.69, 9.17) is 0 Å². The summed E-state index contributed by atoms with van der Waals surface area (Å²) < 4.78 is 2.26. The first-order valence-electron chi connectivity index (χ1n) is 9.74. The van der Waals surface area contributed by atoms with Gasteiger partial charge in [0, 0.05) is 66.7 Å². The third kappa shape index (κ3) is 1.88. The number of aryl methyl sites for hydroxylation is 1. The van der Waals surface area contributed by atoms with Crippen molar-refractivity contribution in [1.29, 1.82) is 0 Å². The summed E-state index contributed by atoms with van der Waals surface area (Å²) in [5.74, 6) is 0. The molecule has 4 bridgehead atoms. The van der Waals surface area contributed by atoms with Gasteiger partial charge in [0.15, 0.2) is 0 Å². The van der Waals surface area contributed by atoms with Crippen LogP contribution in [0.3, 0.4) is 0 Å². The highest BCUT2D eigenvalue weighted by Crippen LogP contribution is 2.57. The Morgan fingerprint density at radius 3 is 2.12 bits per heavy atom. The number of nitrogens with zero attached hydrogens (tertiary/aromatic N) is 3. The van der Waals surface area contributed by atoms with Crippen molar-refractivity contribution in [2.75, 3.05) is 26.2 Å². The molecule has 0 aliphatic carbocycles. The molecule has 4 aliphatic rings. The van der Waals surface area contributed by atoms with E-state index >= 15 is 0 Å². The van der Waals surface area contributed by atoms with Crippen LogP contribution in [0.15, 0.2) is 30.5 Å². The summed E-state index contributed by atoms with van der Waals surface area (Å²) in [6, 6.07) is 8.75. The van der Waals surface area contributed by atoms with Gasteiger partial charge in [0.25, 0.3) is 0 Å². The molecule has 4 aliphatic heterocycles. The number of aromatic nitrogens is 1. The van der Waals surface area contributed by atoms with E-state index < -0.39 is 0 Å². The van der Waals surface area contributed by atoms with Crippen LogP contribution in [0.25, 0.3) is 10.9 Å². The molecule has 25 heavy (non-hydrogen) atoms. The third-order valence-electron chi connectivity index (χ3n) is 7.54. The molecular weight excluding hydrogens is 310 g/mol. The maximum absolute atomic E-state index is 11.2. The SMILES string of the molecule is CCC12CN3CC(CC)(CN(C1)C3c1cn(C)c3ccccc13)C2O. The molecule has 0 saturated carbocycles.